The third-order valence-corrected chi connectivity index (χ3v) is 3.83. The van der Waals surface area contributed by atoms with Crippen LogP contribution >= 0.6 is 11.3 Å². The van der Waals surface area contributed by atoms with Crippen molar-refractivity contribution in [3.63, 3.8) is 0 Å². The topological polar surface area (TPSA) is 26.0 Å². The van der Waals surface area contributed by atoms with Gasteiger partial charge in [0.05, 0.1) is 0 Å². The van der Waals surface area contributed by atoms with Crippen LogP contribution in [-0.4, -0.2) is 6.04 Å². The molecule has 2 rings (SSSR count). The molecule has 2 aromatic rings. The fraction of sp³-hybridized carbons (Fsp3) is 0.429. The maximum absolute atomic E-state index is 6.16. The summed E-state index contributed by atoms with van der Waals surface area (Å²) in [5, 5.41) is 3.64. The Balaban J connectivity index is 2.15. The Hall–Kier alpha value is -0.860. The van der Waals surface area contributed by atoms with Gasteiger partial charge in [0.25, 0.3) is 0 Å². The number of fused-ring (bicyclic) bond motifs is 1. The Morgan fingerprint density at radius 1 is 1.25 bits per heavy atom. The summed E-state index contributed by atoms with van der Waals surface area (Å²) in [6.45, 7) is 4.46. The number of hydrogen-bond acceptors (Lipinski definition) is 2. The van der Waals surface area contributed by atoms with Crippen LogP contribution in [0, 0.1) is 5.92 Å². The summed E-state index contributed by atoms with van der Waals surface area (Å²) in [6, 6.07) is 8.86. The van der Waals surface area contributed by atoms with Crippen molar-refractivity contribution in [2.24, 2.45) is 11.7 Å². The first-order chi connectivity index (χ1) is 7.66. The van der Waals surface area contributed by atoms with Gasteiger partial charge in [0.2, 0.25) is 0 Å². The van der Waals surface area contributed by atoms with Gasteiger partial charge in [0, 0.05) is 10.7 Å². The van der Waals surface area contributed by atoms with Gasteiger partial charge in [-0.05, 0) is 41.2 Å². The molecule has 1 nitrogen and oxygen atoms in total. The maximum atomic E-state index is 6.16. The van der Waals surface area contributed by atoms with Gasteiger partial charge >= 0.3 is 0 Å². The average Bonchev–Trinajstić information content (AvgIpc) is 2.61. The Labute approximate surface area is 101 Å². The quantitative estimate of drug-likeness (QED) is 0.853. The molecule has 0 aliphatic heterocycles. The molecule has 0 saturated carbocycles. The van der Waals surface area contributed by atoms with E-state index < -0.39 is 0 Å². The second kappa shape index (κ2) is 4.98. The van der Waals surface area contributed by atoms with E-state index in [0.29, 0.717) is 5.92 Å². The second-order valence-corrected chi connectivity index (χ2v) is 5.76. The smallest absolute Gasteiger partial charge is 0.0345 e. The van der Waals surface area contributed by atoms with Crippen molar-refractivity contribution in [2.45, 2.75) is 32.7 Å². The number of hydrogen-bond donors (Lipinski definition) is 1. The molecule has 1 atom stereocenters. The van der Waals surface area contributed by atoms with Crippen LogP contribution in [0.15, 0.2) is 29.6 Å². The van der Waals surface area contributed by atoms with Crippen LogP contribution in [0.2, 0.25) is 0 Å². The van der Waals surface area contributed by atoms with E-state index in [9.17, 15) is 0 Å². The van der Waals surface area contributed by atoms with E-state index >= 15 is 0 Å². The minimum atomic E-state index is 0.290. The lowest BCUT2D eigenvalue weighted by atomic mass is 9.98. The van der Waals surface area contributed by atoms with E-state index in [1.807, 2.05) is 11.3 Å². The molecule has 2 N–H and O–H groups in total. The molecule has 0 saturated heterocycles. The summed E-state index contributed by atoms with van der Waals surface area (Å²) in [6.07, 6.45) is 2.10. The van der Waals surface area contributed by atoms with Crippen molar-refractivity contribution in [3.8, 4) is 0 Å². The molecule has 1 unspecified atom stereocenters. The highest BCUT2D eigenvalue weighted by Crippen LogP contribution is 2.26. The number of thiophene rings is 1. The number of nitrogens with two attached hydrogens (primary N) is 1. The Morgan fingerprint density at radius 2 is 2.00 bits per heavy atom. The van der Waals surface area contributed by atoms with Gasteiger partial charge in [-0.2, -0.15) is 0 Å². The highest BCUT2D eigenvalue weighted by Gasteiger charge is 2.10. The molecular weight excluding hydrogens is 214 g/mol. The van der Waals surface area contributed by atoms with Gasteiger partial charge < -0.3 is 5.73 Å². The highest BCUT2D eigenvalue weighted by molar-refractivity contribution is 7.17. The predicted octanol–water partition coefficient (Wildman–Crippen LogP) is 3.82. The summed E-state index contributed by atoms with van der Waals surface area (Å²) in [7, 11) is 0. The minimum absolute atomic E-state index is 0.290. The van der Waals surface area contributed by atoms with Crippen molar-refractivity contribution in [1.29, 1.82) is 0 Å². The molecule has 1 heterocycles. The molecule has 0 spiro atoms. The molecule has 1 aromatic carbocycles. The predicted molar refractivity (Wildman–Crippen MR) is 73.0 cm³/mol. The molecule has 86 valence electrons. The van der Waals surface area contributed by atoms with Gasteiger partial charge in [0.15, 0.2) is 0 Å². The van der Waals surface area contributed by atoms with Crippen LogP contribution in [0.25, 0.3) is 10.1 Å². The monoisotopic (exact) mass is 233 g/mol. The van der Waals surface area contributed by atoms with Crippen LogP contribution in [0.5, 0.6) is 0 Å². The summed E-state index contributed by atoms with van der Waals surface area (Å²) in [5.74, 6) is 0.680. The lowest BCUT2D eigenvalue weighted by Gasteiger charge is -2.13. The SMILES string of the molecule is CC(C)CC(N)Cc1csc2ccccc12. The third kappa shape index (κ3) is 2.63. The normalized spacial score (nSPS) is 13.5. The van der Waals surface area contributed by atoms with Crippen molar-refractivity contribution in [2.75, 3.05) is 0 Å². The number of benzene rings is 1. The Bertz CT molecular complexity index is 458. The van der Waals surface area contributed by atoms with Crippen molar-refractivity contribution >= 4 is 21.4 Å². The van der Waals surface area contributed by atoms with Crippen molar-refractivity contribution in [1.82, 2.24) is 0 Å². The zero-order valence-electron chi connectivity index (χ0n) is 9.94. The fourth-order valence-corrected chi connectivity index (χ4v) is 3.14. The lowest BCUT2D eigenvalue weighted by molar-refractivity contribution is 0.494. The van der Waals surface area contributed by atoms with Crippen LogP contribution < -0.4 is 5.73 Å². The second-order valence-electron chi connectivity index (χ2n) is 4.85. The Kier molecular flexibility index (Phi) is 3.62. The average molecular weight is 233 g/mol. The van der Waals surface area contributed by atoms with E-state index in [4.69, 9.17) is 5.73 Å². The summed E-state index contributed by atoms with van der Waals surface area (Å²) < 4.78 is 1.37. The molecule has 0 bridgehead atoms. The van der Waals surface area contributed by atoms with Gasteiger partial charge in [-0.1, -0.05) is 32.0 Å². The van der Waals surface area contributed by atoms with Gasteiger partial charge in [-0.3, -0.25) is 0 Å². The molecule has 0 aliphatic rings. The van der Waals surface area contributed by atoms with Gasteiger partial charge in [0.1, 0.15) is 0 Å². The first-order valence-electron chi connectivity index (χ1n) is 5.87. The standard InChI is InChI=1S/C14H19NS/c1-10(2)7-12(15)8-11-9-16-14-6-4-3-5-13(11)14/h3-6,9-10,12H,7-8,15H2,1-2H3. The van der Waals surface area contributed by atoms with Crippen molar-refractivity contribution < 1.29 is 0 Å². The highest BCUT2D eigenvalue weighted by atomic mass is 32.1. The third-order valence-electron chi connectivity index (χ3n) is 2.82. The van der Waals surface area contributed by atoms with Crippen molar-refractivity contribution in [3.05, 3.63) is 35.2 Å². The Morgan fingerprint density at radius 3 is 2.75 bits per heavy atom. The van der Waals surface area contributed by atoms with E-state index in [-0.39, 0.29) is 6.04 Å². The molecule has 2 heteroatoms. The number of rotatable bonds is 4. The summed E-state index contributed by atoms with van der Waals surface area (Å²) >= 11 is 1.82. The van der Waals surface area contributed by atoms with E-state index in [2.05, 4.69) is 43.5 Å². The fourth-order valence-electron chi connectivity index (χ4n) is 2.16. The first-order valence-corrected chi connectivity index (χ1v) is 6.75. The van der Waals surface area contributed by atoms with Gasteiger partial charge in [-0.25, -0.2) is 0 Å². The molecule has 0 aliphatic carbocycles. The molecular formula is C14H19NS. The molecule has 16 heavy (non-hydrogen) atoms. The zero-order chi connectivity index (χ0) is 11.5. The minimum Gasteiger partial charge on any atom is -0.327 e. The van der Waals surface area contributed by atoms with Crippen LogP contribution in [0.3, 0.4) is 0 Å². The van der Waals surface area contributed by atoms with Crippen LogP contribution in [0.4, 0.5) is 0 Å². The van der Waals surface area contributed by atoms with E-state index in [1.54, 1.807) is 0 Å². The molecule has 0 radical (unpaired) electrons. The summed E-state index contributed by atoms with van der Waals surface area (Å²) in [4.78, 5) is 0. The van der Waals surface area contributed by atoms with E-state index in [0.717, 1.165) is 12.8 Å². The molecule has 1 aromatic heterocycles. The molecule has 0 amide bonds. The summed E-state index contributed by atoms with van der Waals surface area (Å²) in [5.41, 5.74) is 7.57. The lowest BCUT2D eigenvalue weighted by Crippen LogP contribution is -2.24. The molecule has 0 fully saturated rings. The van der Waals surface area contributed by atoms with E-state index in [1.165, 1.54) is 15.6 Å². The first kappa shape index (κ1) is 11.6. The van der Waals surface area contributed by atoms with Crippen LogP contribution in [0.1, 0.15) is 25.8 Å². The zero-order valence-corrected chi connectivity index (χ0v) is 10.8. The van der Waals surface area contributed by atoms with Crippen LogP contribution in [-0.2, 0) is 6.42 Å². The largest absolute Gasteiger partial charge is 0.327 e. The van der Waals surface area contributed by atoms with Gasteiger partial charge in [-0.15, -0.1) is 11.3 Å². The maximum Gasteiger partial charge on any atom is 0.0345 e.